The van der Waals surface area contributed by atoms with Gasteiger partial charge in [-0.3, -0.25) is 33.7 Å². The van der Waals surface area contributed by atoms with Crippen molar-refractivity contribution in [3.8, 4) is 0 Å². The maximum atomic E-state index is 12.8. The molecule has 11 heteroatoms. The Bertz CT molecular complexity index is 1060. The molecule has 2 atom stereocenters. The normalized spacial score (nSPS) is 14.2. The number of carbonyl (C=O) groups is 6. The summed E-state index contributed by atoms with van der Waals surface area (Å²) in [5, 5.41) is 8.12. The molecule has 11 nitrogen and oxygen atoms in total. The van der Waals surface area contributed by atoms with E-state index in [9.17, 15) is 28.8 Å². The number of benzene rings is 1. The van der Waals surface area contributed by atoms with Crippen molar-refractivity contribution < 1.29 is 33.5 Å². The van der Waals surface area contributed by atoms with Gasteiger partial charge in [-0.25, -0.2) is 0 Å². The highest BCUT2D eigenvalue weighted by Crippen LogP contribution is 2.12. The Morgan fingerprint density at radius 3 is 2.10 bits per heavy atom. The zero-order valence-electron chi connectivity index (χ0n) is 23.0. The van der Waals surface area contributed by atoms with E-state index in [2.05, 4.69) is 16.0 Å². The maximum absolute atomic E-state index is 12.8. The van der Waals surface area contributed by atoms with Crippen LogP contribution in [0.1, 0.15) is 65.4 Å². The van der Waals surface area contributed by atoms with Gasteiger partial charge in [-0.15, -0.1) is 0 Å². The lowest BCUT2D eigenvalue weighted by molar-refractivity contribution is -0.144. The molecule has 2 rings (SSSR count). The van der Waals surface area contributed by atoms with Crippen LogP contribution in [0.15, 0.2) is 36.4 Å². The highest BCUT2D eigenvalue weighted by atomic mass is 16.5. The third-order valence-corrected chi connectivity index (χ3v) is 6.11. The molecular formula is C28H38N4O7. The van der Waals surface area contributed by atoms with Gasteiger partial charge in [-0.2, -0.15) is 0 Å². The number of hydrogen-bond donors (Lipinski definition) is 3. The van der Waals surface area contributed by atoms with Gasteiger partial charge in [-0.05, 0) is 43.4 Å². The van der Waals surface area contributed by atoms with Gasteiger partial charge >= 0.3 is 5.97 Å². The standard InChI is InChI=1S/C28H38N4O7/c1-5-25(36)39-17-20-10-12-21(13-11-20)30-27(37)19(4)29-28(38)26(18(2)3)31-22(33)9-7-6-8-16-32-23(34)14-15-24(32)35/h10-15,18-19,26H,5-9,16-17H2,1-4H3,(H,29,38)(H,30,37)(H,31,33)/t19-,26-/m1/s1. The smallest absolute Gasteiger partial charge is 0.305 e. The second kappa shape index (κ2) is 15.4. The van der Waals surface area contributed by atoms with Crippen molar-refractivity contribution in [2.75, 3.05) is 11.9 Å². The van der Waals surface area contributed by atoms with Crippen molar-refractivity contribution in [3.63, 3.8) is 0 Å². The molecule has 39 heavy (non-hydrogen) atoms. The fourth-order valence-corrected chi connectivity index (χ4v) is 3.73. The van der Waals surface area contributed by atoms with E-state index in [0.717, 1.165) is 5.56 Å². The lowest BCUT2D eigenvalue weighted by atomic mass is 10.0. The first-order valence-corrected chi connectivity index (χ1v) is 13.2. The van der Waals surface area contributed by atoms with Crippen LogP contribution in [0.5, 0.6) is 0 Å². The number of unbranched alkanes of at least 4 members (excludes halogenated alkanes) is 2. The quantitative estimate of drug-likeness (QED) is 0.175. The highest BCUT2D eigenvalue weighted by Gasteiger charge is 2.27. The second-order valence-corrected chi connectivity index (χ2v) is 9.69. The van der Waals surface area contributed by atoms with Crippen LogP contribution in [0.25, 0.3) is 0 Å². The SMILES string of the molecule is CCC(=O)OCc1ccc(NC(=O)[C@@H](C)NC(=O)[C@H](NC(=O)CCCCCN2C(=O)C=CC2=O)C(C)C)cc1. The van der Waals surface area contributed by atoms with Gasteiger partial charge in [0.25, 0.3) is 11.8 Å². The first kappa shape index (κ1) is 31.2. The first-order valence-electron chi connectivity index (χ1n) is 13.2. The zero-order valence-corrected chi connectivity index (χ0v) is 23.0. The monoisotopic (exact) mass is 542 g/mol. The maximum Gasteiger partial charge on any atom is 0.305 e. The molecule has 0 saturated heterocycles. The van der Waals surface area contributed by atoms with Crippen LogP contribution in [0.4, 0.5) is 5.69 Å². The summed E-state index contributed by atoms with van der Waals surface area (Å²) in [5.41, 5.74) is 1.30. The summed E-state index contributed by atoms with van der Waals surface area (Å²) in [7, 11) is 0. The Labute approximate surface area is 228 Å². The number of ether oxygens (including phenoxy) is 1. The number of hydrogen-bond acceptors (Lipinski definition) is 7. The average molecular weight is 543 g/mol. The van der Waals surface area contributed by atoms with E-state index in [1.165, 1.54) is 17.1 Å². The molecule has 212 valence electrons. The molecule has 1 aliphatic rings. The molecule has 0 bridgehead atoms. The molecule has 1 heterocycles. The topological polar surface area (TPSA) is 151 Å². The van der Waals surface area contributed by atoms with Crippen LogP contribution in [-0.2, 0) is 40.1 Å². The van der Waals surface area contributed by atoms with Crippen LogP contribution in [0.3, 0.4) is 0 Å². The second-order valence-electron chi connectivity index (χ2n) is 9.69. The molecule has 0 fully saturated rings. The van der Waals surface area contributed by atoms with Crippen molar-refractivity contribution in [1.82, 2.24) is 15.5 Å². The zero-order chi connectivity index (χ0) is 28.9. The number of anilines is 1. The van der Waals surface area contributed by atoms with Gasteiger partial charge in [0.15, 0.2) is 0 Å². The highest BCUT2D eigenvalue weighted by molar-refractivity contribution is 6.12. The third-order valence-electron chi connectivity index (χ3n) is 6.11. The number of imide groups is 1. The number of carbonyl (C=O) groups excluding carboxylic acids is 6. The van der Waals surface area contributed by atoms with Gasteiger partial charge in [0.1, 0.15) is 18.7 Å². The van der Waals surface area contributed by atoms with Crippen molar-refractivity contribution >= 4 is 41.2 Å². The summed E-state index contributed by atoms with van der Waals surface area (Å²) in [6.45, 7) is 7.32. The minimum atomic E-state index is -0.855. The molecule has 3 N–H and O–H groups in total. The fraction of sp³-hybridized carbons (Fsp3) is 0.500. The molecule has 0 saturated carbocycles. The van der Waals surface area contributed by atoms with Crippen LogP contribution >= 0.6 is 0 Å². The molecule has 0 radical (unpaired) electrons. The van der Waals surface area contributed by atoms with Crippen molar-refractivity contribution in [2.45, 2.75) is 78.5 Å². The van der Waals surface area contributed by atoms with Crippen molar-refractivity contribution in [2.24, 2.45) is 5.92 Å². The molecule has 1 aromatic rings. The Morgan fingerprint density at radius 2 is 1.51 bits per heavy atom. The van der Waals surface area contributed by atoms with Crippen LogP contribution in [0, 0.1) is 5.92 Å². The minimum Gasteiger partial charge on any atom is -0.461 e. The summed E-state index contributed by atoms with van der Waals surface area (Å²) in [6, 6.07) is 5.14. The Kier molecular flexibility index (Phi) is 12.3. The Morgan fingerprint density at radius 1 is 0.872 bits per heavy atom. The summed E-state index contributed by atoms with van der Waals surface area (Å²) in [6.07, 6.45) is 4.74. The predicted molar refractivity (Wildman–Crippen MR) is 144 cm³/mol. The van der Waals surface area contributed by atoms with Crippen molar-refractivity contribution in [1.29, 1.82) is 0 Å². The fourth-order valence-electron chi connectivity index (χ4n) is 3.73. The van der Waals surface area contributed by atoms with E-state index in [4.69, 9.17) is 4.74 Å². The molecule has 1 aliphatic heterocycles. The summed E-state index contributed by atoms with van der Waals surface area (Å²) in [4.78, 5) is 73.5. The molecule has 1 aromatic carbocycles. The van der Waals surface area contributed by atoms with Crippen LogP contribution in [-0.4, -0.2) is 59.0 Å². The van der Waals surface area contributed by atoms with E-state index in [1.807, 2.05) is 0 Å². The molecule has 0 aromatic heterocycles. The third kappa shape index (κ3) is 10.3. The molecule has 5 amide bonds. The van der Waals surface area contributed by atoms with Gasteiger partial charge < -0.3 is 20.7 Å². The summed E-state index contributed by atoms with van der Waals surface area (Å²) in [5.74, 6) is -2.33. The largest absolute Gasteiger partial charge is 0.461 e. The van der Waals surface area contributed by atoms with E-state index in [1.54, 1.807) is 52.0 Å². The number of esters is 1. The van der Waals surface area contributed by atoms with Crippen LogP contribution < -0.4 is 16.0 Å². The van der Waals surface area contributed by atoms with Gasteiger partial charge in [0, 0.05) is 37.2 Å². The van der Waals surface area contributed by atoms with Crippen LogP contribution in [0.2, 0.25) is 0 Å². The van der Waals surface area contributed by atoms with E-state index in [-0.39, 0.29) is 42.6 Å². The summed E-state index contributed by atoms with van der Waals surface area (Å²) < 4.78 is 5.08. The average Bonchev–Trinajstić information content (AvgIpc) is 3.22. The van der Waals surface area contributed by atoms with Gasteiger partial charge in [0.05, 0.1) is 0 Å². The molecule has 0 aliphatic carbocycles. The van der Waals surface area contributed by atoms with Crippen molar-refractivity contribution in [3.05, 3.63) is 42.0 Å². The lowest BCUT2D eigenvalue weighted by Gasteiger charge is -2.24. The van der Waals surface area contributed by atoms with E-state index in [0.29, 0.717) is 37.9 Å². The molecule has 0 spiro atoms. The van der Waals surface area contributed by atoms with Gasteiger partial charge in [-0.1, -0.05) is 39.3 Å². The first-order chi connectivity index (χ1) is 18.5. The number of amides is 5. The Balaban J connectivity index is 1.75. The lowest BCUT2D eigenvalue weighted by Crippen LogP contribution is -2.53. The Hall–Kier alpha value is -4.02. The minimum absolute atomic E-state index is 0.147. The molecule has 0 unspecified atom stereocenters. The number of rotatable bonds is 15. The number of nitrogens with one attached hydrogen (secondary N) is 3. The summed E-state index contributed by atoms with van der Waals surface area (Å²) >= 11 is 0. The van der Waals surface area contributed by atoms with Gasteiger partial charge in [0.2, 0.25) is 17.7 Å². The van der Waals surface area contributed by atoms with E-state index >= 15 is 0 Å². The molecular weight excluding hydrogens is 504 g/mol. The number of nitrogens with zero attached hydrogens (tertiary/aromatic N) is 1. The van der Waals surface area contributed by atoms with E-state index < -0.39 is 23.9 Å². The predicted octanol–water partition coefficient (Wildman–Crippen LogP) is 2.21.